The molecule has 1 fully saturated rings. The zero-order valence-corrected chi connectivity index (χ0v) is 18.8. The van der Waals surface area contributed by atoms with E-state index in [-0.39, 0.29) is 23.3 Å². The zero-order chi connectivity index (χ0) is 21.5. The fourth-order valence-electron chi connectivity index (χ4n) is 5.09. The quantitative estimate of drug-likeness (QED) is 0.617. The maximum absolute atomic E-state index is 13.4. The predicted molar refractivity (Wildman–Crippen MR) is 118 cm³/mol. The smallest absolute Gasteiger partial charge is 0.337 e. The molecule has 1 saturated carbocycles. The van der Waals surface area contributed by atoms with Crippen LogP contribution in [0.5, 0.6) is 0 Å². The fourth-order valence-corrected chi connectivity index (χ4v) is 5.22. The number of nitrogens with one attached hydrogen (secondary N) is 1. The highest BCUT2D eigenvalue weighted by Gasteiger charge is 2.43. The molecule has 5 heteroatoms. The van der Waals surface area contributed by atoms with Crippen molar-refractivity contribution in [2.45, 2.75) is 77.7 Å². The van der Waals surface area contributed by atoms with E-state index in [2.05, 4.69) is 19.2 Å². The van der Waals surface area contributed by atoms with Crippen LogP contribution in [0.15, 0.2) is 46.8 Å². The molecular formula is C25H30ClNO3. The van der Waals surface area contributed by atoms with Crippen LogP contribution in [0.25, 0.3) is 0 Å². The molecule has 0 unspecified atom stereocenters. The number of hydrogen-bond acceptors (Lipinski definition) is 4. The number of hydrogen-bond donors (Lipinski definition) is 1. The Bertz CT molecular complexity index is 920. The van der Waals surface area contributed by atoms with E-state index in [0.29, 0.717) is 22.6 Å². The lowest BCUT2D eigenvalue weighted by molar-refractivity contribution is -0.146. The molecule has 0 spiro atoms. The molecule has 4 nitrogen and oxygen atoms in total. The predicted octanol–water partition coefficient (Wildman–Crippen LogP) is 5.82. The van der Waals surface area contributed by atoms with Crippen molar-refractivity contribution in [2.24, 2.45) is 5.41 Å². The zero-order valence-electron chi connectivity index (χ0n) is 18.0. The normalized spacial score (nSPS) is 24.4. The van der Waals surface area contributed by atoms with E-state index >= 15 is 0 Å². The lowest BCUT2D eigenvalue weighted by atomic mass is 9.68. The number of dihydropyridines is 1. The van der Waals surface area contributed by atoms with Crippen LogP contribution in [0.3, 0.4) is 0 Å². The van der Waals surface area contributed by atoms with Gasteiger partial charge < -0.3 is 10.1 Å². The number of ether oxygens (including phenoxy) is 1. The number of carbonyl (C=O) groups excluding carboxylic acids is 2. The van der Waals surface area contributed by atoms with Crippen LogP contribution >= 0.6 is 11.6 Å². The van der Waals surface area contributed by atoms with Crippen molar-refractivity contribution in [1.29, 1.82) is 0 Å². The largest absolute Gasteiger partial charge is 0.459 e. The highest BCUT2D eigenvalue weighted by atomic mass is 35.5. The number of halogens is 1. The van der Waals surface area contributed by atoms with Gasteiger partial charge in [-0.3, -0.25) is 4.79 Å². The number of allylic oxidation sites excluding steroid dienone is 3. The van der Waals surface area contributed by atoms with E-state index in [9.17, 15) is 9.59 Å². The Balaban J connectivity index is 1.75. The van der Waals surface area contributed by atoms with Gasteiger partial charge in [0.25, 0.3) is 0 Å². The van der Waals surface area contributed by atoms with Gasteiger partial charge in [-0.05, 0) is 62.1 Å². The minimum absolute atomic E-state index is 0.0335. The molecule has 0 amide bonds. The van der Waals surface area contributed by atoms with Gasteiger partial charge in [-0.25, -0.2) is 4.79 Å². The summed E-state index contributed by atoms with van der Waals surface area (Å²) in [6.07, 6.45) is 6.44. The fraction of sp³-hybridized carbons (Fsp3) is 0.520. The van der Waals surface area contributed by atoms with E-state index < -0.39 is 5.92 Å². The van der Waals surface area contributed by atoms with E-state index in [0.717, 1.165) is 49.1 Å². The molecule has 0 aromatic heterocycles. The summed E-state index contributed by atoms with van der Waals surface area (Å²) in [4.78, 5) is 26.6. The van der Waals surface area contributed by atoms with Crippen LogP contribution < -0.4 is 5.32 Å². The molecule has 3 aliphatic rings. The minimum atomic E-state index is -0.418. The highest BCUT2D eigenvalue weighted by Crippen LogP contribution is 2.47. The second-order valence-corrected chi connectivity index (χ2v) is 10.1. The Morgan fingerprint density at radius 2 is 1.77 bits per heavy atom. The van der Waals surface area contributed by atoms with Crippen LogP contribution in [0, 0.1) is 5.41 Å². The Labute approximate surface area is 183 Å². The average Bonchev–Trinajstić information content (AvgIpc) is 2.67. The van der Waals surface area contributed by atoms with Crippen LogP contribution in [0.2, 0.25) is 5.02 Å². The first kappa shape index (κ1) is 21.2. The molecule has 2 aliphatic carbocycles. The summed E-state index contributed by atoms with van der Waals surface area (Å²) < 4.78 is 5.94. The molecule has 4 rings (SSSR count). The molecule has 0 saturated heterocycles. The van der Waals surface area contributed by atoms with Crippen LogP contribution in [0.1, 0.15) is 77.2 Å². The van der Waals surface area contributed by atoms with Gasteiger partial charge in [0.2, 0.25) is 0 Å². The van der Waals surface area contributed by atoms with Crippen molar-refractivity contribution in [1.82, 2.24) is 5.32 Å². The van der Waals surface area contributed by atoms with Gasteiger partial charge in [0.1, 0.15) is 6.10 Å². The minimum Gasteiger partial charge on any atom is -0.459 e. The number of Topliss-reactive ketones (excluding diaryl/α,β-unsaturated/α-hetero) is 1. The highest BCUT2D eigenvalue weighted by molar-refractivity contribution is 6.30. The van der Waals surface area contributed by atoms with Crippen molar-refractivity contribution in [3.05, 3.63) is 57.4 Å². The standard InChI is InChI=1S/C25H30ClNO3/c1-15-21(24(29)30-18-7-5-4-6-8-18)22(16-9-11-17(26)12-10-16)23-19(27-15)13-25(2,3)14-20(23)28/h9-12,18,22,27H,4-8,13-14H2,1-3H3/t22-/m0/s1. The molecule has 1 atom stereocenters. The van der Waals surface area contributed by atoms with Gasteiger partial charge in [-0.1, -0.05) is 44.0 Å². The monoisotopic (exact) mass is 427 g/mol. The van der Waals surface area contributed by atoms with Gasteiger partial charge >= 0.3 is 5.97 Å². The third-order valence-corrected chi connectivity index (χ3v) is 6.74. The molecule has 1 heterocycles. The lowest BCUT2D eigenvalue weighted by Crippen LogP contribution is -2.39. The van der Waals surface area contributed by atoms with Crippen molar-refractivity contribution < 1.29 is 14.3 Å². The first-order chi connectivity index (χ1) is 14.2. The molecule has 1 aromatic carbocycles. The maximum Gasteiger partial charge on any atom is 0.337 e. The molecule has 0 radical (unpaired) electrons. The molecule has 0 bridgehead atoms. The van der Waals surface area contributed by atoms with Gasteiger partial charge in [-0.2, -0.15) is 0 Å². The van der Waals surface area contributed by atoms with Crippen LogP contribution in [-0.2, 0) is 14.3 Å². The molecule has 1 aliphatic heterocycles. The van der Waals surface area contributed by atoms with Crippen LogP contribution in [-0.4, -0.2) is 17.9 Å². The Morgan fingerprint density at radius 3 is 2.43 bits per heavy atom. The van der Waals surface area contributed by atoms with Gasteiger partial charge in [0, 0.05) is 34.3 Å². The Kier molecular flexibility index (Phi) is 5.80. The summed E-state index contributed by atoms with van der Waals surface area (Å²) in [5.41, 5.74) is 3.76. The number of ketones is 1. The number of benzene rings is 1. The van der Waals surface area contributed by atoms with E-state index in [1.54, 1.807) is 0 Å². The summed E-state index contributed by atoms with van der Waals surface area (Å²) in [5.74, 6) is -0.626. The SMILES string of the molecule is CC1=C(C(=O)OC2CCCCC2)[C@H](c2ccc(Cl)cc2)C2=C(CC(C)(C)CC2=O)N1. The maximum atomic E-state index is 13.4. The first-order valence-electron chi connectivity index (χ1n) is 11.0. The molecule has 160 valence electrons. The second-order valence-electron chi connectivity index (χ2n) is 9.65. The van der Waals surface area contributed by atoms with Crippen molar-refractivity contribution in [3.63, 3.8) is 0 Å². The number of carbonyl (C=O) groups is 2. The molecule has 30 heavy (non-hydrogen) atoms. The first-order valence-corrected chi connectivity index (χ1v) is 11.3. The second kappa shape index (κ2) is 8.22. The molecule has 1 N–H and O–H groups in total. The summed E-state index contributed by atoms with van der Waals surface area (Å²) in [6, 6.07) is 7.46. The molecule has 1 aromatic rings. The summed E-state index contributed by atoms with van der Waals surface area (Å²) in [5, 5.41) is 4.02. The third kappa shape index (κ3) is 4.20. The van der Waals surface area contributed by atoms with E-state index in [1.165, 1.54) is 6.42 Å². The number of esters is 1. The van der Waals surface area contributed by atoms with Gasteiger partial charge in [0.05, 0.1) is 5.57 Å². The Morgan fingerprint density at radius 1 is 1.10 bits per heavy atom. The summed E-state index contributed by atoms with van der Waals surface area (Å²) in [7, 11) is 0. The molecular weight excluding hydrogens is 398 g/mol. The van der Waals surface area contributed by atoms with Gasteiger partial charge in [-0.15, -0.1) is 0 Å². The Hall–Kier alpha value is -2.07. The third-order valence-electron chi connectivity index (χ3n) is 6.49. The summed E-state index contributed by atoms with van der Waals surface area (Å²) >= 11 is 6.12. The average molecular weight is 428 g/mol. The van der Waals surface area contributed by atoms with Gasteiger partial charge in [0.15, 0.2) is 5.78 Å². The summed E-state index contributed by atoms with van der Waals surface area (Å²) in [6.45, 7) is 6.13. The topological polar surface area (TPSA) is 55.4 Å². The van der Waals surface area contributed by atoms with E-state index in [1.807, 2.05) is 31.2 Å². The van der Waals surface area contributed by atoms with Crippen molar-refractivity contribution in [3.8, 4) is 0 Å². The van der Waals surface area contributed by atoms with Crippen LogP contribution in [0.4, 0.5) is 0 Å². The van der Waals surface area contributed by atoms with Crippen molar-refractivity contribution >= 4 is 23.4 Å². The van der Waals surface area contributed by atoms with Crippen molar-refractivity contribution in [2.75, 3.05) is 0 Å². The lowest BCUT2D eigenvalue weighted by Gasteiger charge is -2.39. The van der Waals surface area contributed by atoms with E-state index in [4.69, 9.17) is 16.3 Å². The number of rotatable bonds is 3.